The molecule has 106 valence electrons. The zero-order chi connectivity index (χ0) is 14.7. The Hall–Kier alpha value is -0.620. The fourth-order valence-corrected chi connectivity index (χ4v) is 2.94. The molecule has 1 atom stereocenters. The van der Waals surface area contributed by atoms with Crippen LogP contribution in [0.4, 0.5) is 4.39 Å². The molecule has 2 rings (SSSR count). The zero-order valence-corrected chi connectivity index (χ0v) is 14.0. The maximum Gasteiger partial charge on any atom is 0.147 e. The second kappa shape index (κ2) is 6.89. The van der Waals surface area contributed by atoms with Crippen molar-refractivity contribution in [2.24, 2.45) is 0 Å². The van der Waals surface area contributed by atoms with E-state index in [0.717, 1.165) is 8.95 Å². The molecule has 0 aromatic heterocycles. The van der Waals surface area contributed by atoms with Crippen molar-refractivity contribution in [2.45, 2.75) is 6.10 Å². The molecule has 1 N–H and O–H groups in total. The Morgan fingerprint density at radius 2 is 1.85 bits per heavy atom. The van der Waals surface area contributed by atoms with Gasteiger partial charge in [0.15, 0.2) is 0 Å². The molecule has 0 bridgehead atoms. The second-order valence-electron chi connectivity index (χ2n) is 4.05. The maximum atomic E-state index is 13.3. The fourth-order valence-electron chi connectivity index (χ4n) is 1.60. The molecule has 2 aromatic carbocycles. The summed E-state index contributed by atoms with van der Waals surface area (Å²) in [7, 11) is 0. The Morgan fingerprint density at radius 1 is 1.20 bits per heavy atom. The van der Waals surface area contributed by atoms with Gasteiger partial charge in [0, 0.05) is 0 Å². The predicted molar refractivity (Wildman–Crippen MR) is 83.7 cm³/mol. The molecule has 0 radical (unpaired) electrons. The molecule has 0 aliphatic heterocycles. The lowest BCUT2D eigenvalue weighted by molar-refractivity contribution is 0.107. The first-order valence-electron chi connectivity index (χ1n) is 5.69. The summed E-state index contributed by atoms with van der Waals surface area (Å²) in [5.41, 5.74) is 0.412. The van der Waals surface area contributed by atoms with Crippen LogP contribution in [0.3, 0.4) is 0 Å². The highest BCUT2D eigenvalue weighted by Gasteiger charge is 2.13. The summed E-state index contributed by atoms with van der Waals surface area (Å²) in [4.78, 5) is 0. The predicted octanol–water partition coefficient (Wildman–Crippen LogP) is 5.12. The summed E-state index contributed by atoms with van der Waals surface area (Å²) in [6.45, 7) is 0.00227. The smallest absolute Gasteiger partial charge is 0.147 e. The second-order valence-corrected chi connectivity index (χ2v) is 6.17. The molecular formula is C14H10Br2ClFO2. The largest absolute Gasteiger partial charge is 0.488 e. The molecule has 2 aromatic rings. The SMILES string of the molecule is OC(COc1c(Br)cccc1Br)c1ccc(Cl)c(F)c1. The molecule has 0 heterocycles. The van der Waals surface area contributed by atoms with E-state index < -0.39 is 11.9 Å². The van der Waals surface area contributed by atoms with E-state index in [4.69, 9.17) is 16.3 Å². The van der Waals surface area contributed by atoms with E-state index in [9.17, 15) is 9.50 Å². The minimum Gasteiger partial charge on any atom is -0.488 e. The monoisotopic (exact) mass is 422 g/mol. The van der Waals surface area contributed by atoms with Gasteiger partial charge in [-0.05, 0) is 61.7 Å². The van der Waals surface area contributed by atoms with Gasteiger partial charge in [0.1, 0.15) is 24.3 Å². The summed E-state index contributed by atoms with van der Waals surface area (Å²) in [6.07, 6.45) is -0.944. The molecule has 0 saturated heterocycles. The van der Waals surface area contributed by atoms with Crippen LogP contribution in [0.25, 0.3) is 0 Å². The molecule has 6 heteroatoms. The Labute approximate surface area is 137 Å². The van der Waals surface area contributed by atoms with Crippen LogP contribution in [0.1, 0.15) is 11.7 Å². The Morgan fingerprint density at radius 3 is 2.45 bits per heavy atom. The number of halogens is 4. The summed E-state index contributed by atoms with van der Waals surface area (Å²) < 4.78 is 20.4. The van der Waals surface area contributed by atoms with E-state index in [1.54, 1.807) is 6.07 Å². The molecular weight excluding hydrogens is 414 g/mol. The molecule has 1 unspecified atom stereocenters. The fraction of sp³-hybridized carbons (Fsp3) is 0.143. The van der Waals surface area contributed by atoms with Crippen molar-refractivity contribution in [3.05, 3.63) is 61.7 Å². The quantitative estimate of drug-likeness (QED) is 0.739. The molecule has 20 heavy (non-hydrogen) atoms. The minimum atomic E-state index is -0.944. The van der Waals surface area contributed by atoms with Crippen molar-refractivity contribution in [1.29, 1.82) is 0 Å². The van der Waals surface area contributed by atoms with E-state index in [-0.39, 0.29) is 11.6 Å². The molecule has 0 saturated carbocycles. The lowest BCUT2D eigenvalue weighted by atomic mass is 10.1. The van der Waals surface area contributed by atoms with Crippen molar-refractivity contribution in [3.8, 4) is 5.75 Å². The van der Waals surface area contributed by atoms with Crippen LogP contribution in [-0.4, -0.2) is 11.7 Å². The van der Waals surface area contributed by atoms with E-state index in [1.165, 1.54) is 12.1 Å². The van der Waals surface area contributed by atoms with Gasteiger partial charge in [0.25, 0.3) is 0 Å². The number of para-hydroxylation sites is 1. The van der Waals surface area contributed by atoms with Gasteiger partial charge in [-0.25, -0.2) is 4.39 Å². The third-order valence-corrected chi connectivity index (χ3v) is 4.19. The van der Waals surface area contributed by atoms with Gasteiger partial charge in [-0.15, -0.1) is 0 Å². The van der Waals surface area contributed by atoms with Crippen LogP contribution < -0.4 is 4.74 Å². The van der Waals surface area contributed by atoms with Crippen LogP contribution >= 0.6 is 43.5 Å². The van der Waals surface area contributed by atoms with Crippen LogP contribution in [0, 0.1) is 5.82 Å². The molecule has 0 aliphatic rings. The van der Waals surface area contributed by atoms with Crippen LogP contribution in [0.15, 0.2) is 45.3 Å². The average molecular weight is 424 g/mol. The molecule has 0 aliphatic carbocycles. The highest BCUT2D eigenvalue weighted by Crippen LogP contribution is 2.33. The van der Waals surface area contributed by atoms with Gasteiger partial charge in [-0.1, -0.05) is 23.7 Å². The number of ether oxygens (including phenoxy) is 1. The van der Waals surface area contributed by atoms with Crippen LogP contribution in [0.5, 0.6) is 5.75 Å². The Kier molecular flexibility index (Phi) is 5.43. The normalized spacial score (nSPS) is 12.2. The van der Waals surface area contributed by atoms with E-state index in [0.29, 0.717) is 11.3 Å². The van der Waals surface area contributed by atoms with Crippen LogP contribution in [-0.2, 0) is 0 Å². The van der Waals surface area contributed by atoms with E-state index in [1.807, 2.05) is 18.2 Å². The number of rotatable bonds is 4. The van der Waals surface area contributed by atoms with E-state index >= 15 is 0 Å². The first-order valence-corrected chi connectivity index (χ1v) is 7.65. The van der Waals surface area contributed by atoms with E-state index in [2.05, 4.69) is 31.9 Å². The number of aliphatic hydroxyl groups excluding tert-OH is 1. The average Bonchev–Trinajstić information content (AvgIpc) is 2.41. The molecule has 2 nitrogen and oxygen atoms in total. The third-order valence-electron chi connectivity index (χ3n) is 2.63. The highest BCUT2D eigenvalue weighted by molar-refractivity contribution is 9.11. The molecule has 0 fully saturated rings. The third kappa shape index (κ3) is 3.73. The lowest BCUT2D eigenvalue weighted by Gasteiger charge is -2.15. The van der Waals surface area contributed by atoms with Gasteiger partial charge in [0.2, 0.25) is 0 Å². The van der Waals surface area contributed by atoms with Gasteiger partial charge in [-0.3, -0.25) is 0 Å². The zero-order valence-electron chi connectivity index (χ0n) is 10.1. The minimum absolute atomic E-state index is 0.00227. The topological polar surface area (TPSA) is 29.5 Å². The van der Waals surface area contributed by atoms with Gasteiger partial charge >= 0.3 is 0 Å². The Bertz CT molecular complexity index is 602. The van der Waals surface area contributed by atoms with Crippen molar-refractivity contribution in [3.63, 3.8) is 0 Å². The number of hydrogen-bond acceptors (Lipinski definition) is 2. The standard InChI is InChI=1S/C14H10Br2ClFO2/c15-9-2-1-3-10(16)14(9)20-7-13(19)8-4-5-11(17)12(18)6-8/h1-6,13,19H,7H2. The summed E-state index contributed by atoms with van der Waals surface area (Å²) in [5, 5.41) is 10.0. The summed E-state index contributed by atoms with van der Waals surface area (Å²) >= 11 is 12.3. The maximum absolute atomic E-state index is 13.3. The number of benzene rings is 2. The van der Waals surface area contributed by atoms with Crippen LogP contribution in [0.2, 0.25) is 5.02 Å². The Balaban J connectivity index is 2.08. The number of hydrogen-bond donors (Lipinski definition) is 1. The van der Waals surface area contributed by atoms with Gasteiger partial charge in [0.05, 0.1) is 14.0 Å². The first kappa shape index (κ1) is 15.8. The molecule has 0 spiro atoms. The van der Waals surface area contributed by atoms with Crippen molar-refractivity contribution < 1.29 is 14.2 Å². The van der Waals surface area contributed by atoms with Crippen molar-refractivity contribution in [2.75, 3.05) is 6.61 Å². The lowest BCUT2D eigenvalue weighted by Crippen LogP contribution is -2.10. The number of aliphatic hydroxyl groups is 1. The summed E-state index contributed by atoms with van der Waals surface area (Å²) in [5.74, 6) is 0.0197. The van der Waals surface area contributed by atoms with Gasteiger partial charge < -0.3 is 9.84 Å². The van der Waals surface area contributed by atoms with Gasteiger partial charge in [-0.2, -0.15) is 0 Å². The molecule has 0 amide bonds. The van der Waals surface area contributed by atoms with Crippen molar-refractivity contribution >= 4 is 43.5 Å². The summed E-state index contributed by atoms with van der Waals surface area (Å²) in [6, 6.07) is 9.68. The highest BCUT2D eigenvalue weighted by atomic mass is 79.9. The first-order chi connectivity index (χ1) is 9.49. The van der Waals surface area contributed by atoms with Crippen molar-refractivity contribution in [1.82, 2.24) is 0 Å².